The number of benzene rings is 1. The van der Waals surface area contributed by atoms with Crippen molar-refractivity contribution < 1.29 is 9.18 Å². The van der Waals surface area contributed by atoms with Crippen molar-refractivity contribution in [2.24, 2.45) is 5.92 Å². The average molecular weight is 413 g/mol. The van der Waals surface area contributed by atoms with Gasteiger partial charge in [-0.2, -0.15) is 0 Å². The zero-order valence-electron chi connectivity index (χ0n) is 16.4. The van der Waals surface area contributed by atoms with E-state index in [2.05, 4.69) is 22.2 Å². The number of carbonyl (C=O) groups excluding carboxylic acids is 1. The standard InChI is InChI=1S/C22H22ClFN4O/c1-13-4-3-9-28(12-13)22(29)17-11-25-21-16(7-5-14(2)26-21)20(17)27-19-8-6-15(24)10-18(19)23/h5-8,10-11,13H,3-4,9,12H2,1-2H3,(H,25,26,27)/t13-/m0/s1. The van der Waals surface area contributed by atoms with Crippen LogP contribution in [-0.2, 0) is 0 Å². The predicted octanol–water partition coefficient (Wildman–Crippen LogP) is 5.35. The smallest absolute Gasteiger partial charge is 0.257 e. The number of aryl methyl sites for hydroxylation is 1. The Hall–Kier alpha value is -2.73. The molecule has 3 heterocycles. The number of hydrogen-bond donors (Lipinski definition) is 1. The highest BCUT2D eigenvalue weighted by atomic mass is 35.5. The van der Waals surface area contributed by atoms with Crippen molar-refractivity contribution in [3.8, 4) is 0 Å². The first-order valence-electron chi connectivity index (χ1n) is 9.70. The van der Waals surface area contributed by atoms with Crippen molar-refractivity contribution in [1.29, 1.82) is 0 Å². The third kappa shape index (κ3) is 4.03. The van der Waals surface area contributed by atoms with E-state index in [0.29, 0.717) is 33.9 Å². The van der Waals surface area contributed by atoms with E-state index in [9.17, 15) is 9.18 Å². The summed E-state index contributed by atoms with van der Waals surface area (Å²) in [7, 11) is 0. The molecule has 7 heteroatoms. The molecule has 0 bridgehead atoms. The summed E-state index contributed by atoms with van der Waals surface area (Å²) in [5, 5.41) is 4.19. The van der Waals surface area contributed by atoms with E-state index in [1.54, 1.807) is 12.3 Å². The maximum Gasteiger partial charge on any atom is 0.257 e. The molecule has 1 amide bonds. The highest BCUT2D eigenvalue weighted by molar-refractivity contribution is 6.33. The second-order valence-electron chi connectivity index (χ2n) is 7.62. The van der Waals surface area contributed by atoms with Crippen LogP contribution < -0.4 is 5.32 Å². The van der Waals surface area contributed by atoms with Gasteiger partial charge in [0.25, 0.3) is 5.91 Å². The third-order valence-electron chi connectivity index (χ3n) is 5.23. The number of anilines is 2. The summed E-state index contributed by atoms with van der Waals surface area (Å²) in [6.45, 7) is 5.49. The number of aromatic nitrogens is 2. The summed E-state index contributed by atoms with van der Waals surface area (Å²) >= 11 is 6.23. The largest absolute Gasteiger partial charge is 0.353 e. The number of nitrogens with zero attached hydrogens (tertiary/aromatic N) is 3. The Morgan fingerprint density at radius 3 is 2.90 bits per heavy atom. The van der Waals surface area contributed by atoms with Crippen molar-refractivity contribution in [2.45, 2.75) is 26.7 Å². The number of piperidine rings is 1. The minimum atomic E-state index is -0.420. The Morgan fingerprint density at radius 2 is 2.14 bits per heavy atom. The van der Waals surface area contributed by atoms with Gasteiger partial charge in [-0.05, 0) is 56.0 Å². The van der Waals surface area contributed by atoms with E-state index in [0.717, 1.165) is 31.6 Å². The third-order valence-corrected chi connectivity index (χ3v) is 5.55. The van der Waals surface area contributed by atoms with Crippen LogP contribution in [0.3, 0.4) is 0 Å². The quantitative estimate of drug-likeness (QED) is 0.630. The molecular formula is C22H22ClFN4O. The first kappa shape index (κ1) is 19.6. The minimum absolute atomic E-state index is 0.0766. The Kier molecular flexibility index (Phi) is 5.37. The van der Waals surface area contributed by atoms with Crippen LogP contribution in [0.15, 0.2) is 36.5 Å². The van der Waals surface area contributed by atoms with Gasteiger partial charge in [0.2, 0.25) is 0 Å². The molecule has 29 heavy (non-hydrogen) atoms. The molecule has 1 aromatic carbocycles. The summed E-state index contributed by atoms with van der Waals surface area (Å²) in [4.78, 5) is 24.1. The molecule has 5 nitrogen and oxygen atoms in total. The van der Waals surface area contributed by atoms with Crippen LogP contribution in [0.5, 0.6) is 0 Å². The van der Waals surface area contributed by atoms with E-state index >= 15 is 0 Å². The van der Waals surface area contributed by atoms with Gasteiger partial charge in [-0.1, -0.05) is 18.5 Å². The molecule has 0 spiro atoms. The number of nitrogens with one attached hydrogen (secondary N) is 1. The predicted molar refractivity (Wildman–Crippen MR) is 113 cm³/mol. The Morgan fingerprint density at radius 1 is 1.31 bits per heavy atom. The average Bonchev–Trinajstić information content (AvgIpc) is 2.69. The summed E-state index contributed by atoms with van der Waals surface area (Å²) in [6, 6.07) is 7.89. The van der Waals surface area contributed by atoms with Crippen molar-refractivity contribution in [1.82, 2.24) is 14.9 Å². The van der Waals surface area contributed by atoms with Crippen LogP contribution in [0.4, 0.5) is 15.8 Å². The molecule has 1 saturated heterocycles. The molecule has 1 N–H and O–H groups in total. The molecule has 1 aliphatic heterocycles. The number of halogens is 2. The number of carbonyl (C=O) groups is 1. The molecule has 1 atom stereocenters. The van der Waals surface area contributed by atoms with Crippen LogP contribution in [0.25, 0.3) is 11.0 Å². The number of rotatable bonds is 3. The van der Waals surface area contributed by atoms with Crippen LogP contribution in [0.2, 0.25) is 5.02 Å². The zero-order valence-corrected chi connectivity index (χ0v) is 17.1. The van der Waals surface area contributed by atoms with Crippen LogP contribution >= 0.6 is 11.6 Å². The lowest BCUT2D eigenvalue weighted by Gasteiger charge is -2.31. The van der Waals surface area contributed by atoms with Crippen LogP contribution in [-0.4, -0.2) is 33.9 Å². The minimum Gasteiger partial charge on any atom is -0.353 e. The van der Waals surface area contributed by atoms with E-state index in [1.165, 1.54) is 12.1 Å². The van der Waals surface area contributed by atoms with E-state index in [4.69, 9.17) is 11.6 Å². The Labute approximate surface area is 173 Å². The second kappa shape index (κ2) is 7.95. The van der Waals surface area contributed by atoms with E-state index in [-0.39, 0.29) is 10.9 Å². The molecule has 150 valence electrons. The number of pyridine rings is 2. The molecule has 1 fully saturated rings. The Balaban J connectivity index is 1.82. The molecule has 3 aromatic rings. The Bertz CT molecular complexity index is 1090. The lowest BCUT2D eigenvalue weighted by Crippen LogP contribution is -2.39. The maximum atomic E-state index is 13.5. The lowest BCUT2D eigenvalue weighted by atomic mass is 9.99. The molecular weight excluding hydrogens is 391 g/mol. The topological polar surface area (TPSA) is 58.1 Å². The van der Waals surface area contributed by atoms with Gasteiger partial charge in [0, 0.05) is 30.4 Å². The van der Waals surface area contributed by atoms with Gasteiger partial charge in [0.05, 0.1) is 22.0 Å². The number of likely N-dealkylation sites (tertiary alicyclic amines) is 1. The number of amides is 1. The van der Waals surface area contributed by atoms with Crippen LogP contribution in [0.1, 0.15) is 35.8 Å². The van der Waals surface area contributed by atoms with E-state index in [1.807, 2.05) is 24.0 Å². The maximum absolute atomic E-state index is 13.5. The number of fused-ring (bicyclic) bond motifs is 1. The van der Waals surface area contributed by atoms with Gasteiger partial charge in [0.1, 0.15) is 5.82 Å². The van der Waals surface area contributed by atoms with Crippen molar-refractivity contribution >= 4 is 39.9 Å². The monoisotopic (exact) mass is 412 g/mol. The van der Waals surface area contributed by atoms with Gasteiger partial charge >= 0.3 is 0 Å². The lowest BCUT2D eigenvalue weighted by molar-refractivity contribution is 0.0684. The highest BCUT2D eigenvalue weighted by Crippen LogP contribution is 2.33. The fourth-order valence-corrected chi connectivity index (χ4v) is 3.95. The molecule has 4 rings (SSSR count). The SMILES string of the molecule is Cc1ccc2c(Nc3ccc(F)cc3Cl)c(C(=O)N3CCC[C@H](C)C3)cnc2n1. The molecule has 0 unspecified atom stereocenters. The summed E-state index contributed by atoms with van der Waals surface area (Å²) in [6.07, 6.45) is 3.68. The molecule has 1 aliphatic rings. The van der Waals surface area contributed by atoms with Crippen molar-refractivity contribution in [3.63, 3.8) is 0 Å². The first-order chi connectivity index (χ1) is 13.9. The van der Waals surface area contributed by atoms with Gasteiger partial charge < -0.3 is 10.2 Å². The highest BCUT2D eigenvalue weighted by Gasteiger charge is 2.25. The van der Waals surface area contributed by atoms with E-state index < -0.39 is 5.82 Å². The number of hydrogen-bond acceptors (Lipinski definition) is 4. The van der Waals surface area contributed by atoms with Gasteiger partial charge in [0.15, 0.2) is 5.65 Å². The zero-order chi connectivity index (χ0) is 20.5. The molecule has 0 aliphatic carbocycles. The summed E-state index contributed by atoms with van der Waals surface area (Å²) in [5.74, 6) is -0.0309. The first-order valence-corrected chi connectivity index (χ1v) is 10.1. The van der Waals surface area contributed by atoms with Crippen molar-refractivity contribution in [3.05, 3.63) is 58.6 Å². The normalized spacial score (nSPS) is 16.8. The van der Waals surface area contributed by atoms with Gasteiger partial charge in [-0.15, -0.1) is 0 Å². The van der Waals surface area contributed by atoms with Crippen molar-refractivity contribution in [2.75, 3.05) is 18.4 Å². The molecule has 0 saturated carbocycles. The van der Waals surface area contributed by atoms with Crippen LogP contribution in [0, 0.1) is 18.7 Å². The van der Waals surface area contributed by atoms with Gasteiger partial charge in [-0.25, -0.2) is 14.4 Å². The van der Waals surface area contributed by atoms with Gasteiger partial charge in [-0.3, -0.25) is 4.79 Å². The summed E-state index contributed by atoms with van der Waals surface area (Å²) < 4.78 is 13.5. The molecule has 2 aromatic heterocycles. The summed E-state index contributed by atoms with van der Waals surface area (Å²) in [5.41, 5.74) is 2.92. The second-order valence-corrected chi connectivity index (χ2v) is 8.03. The fourth-order valence-electron chi connectivity index (χ4n) is 3.74. The molecule has 0 radical (unpaired) electrons. The fraction of sp³-hybridized carbons (Fsp3) is 0.318.